The van der Waals surface area contributed by atoms with Gasteiger partial charge in [0.25, 0.3) is 5.56 Å². The molecule has 8 nitrogen and oxygen atoms in total. The Bertz CT molecular complexity index is 1520. The number of benzene rings is 1. The quantitative estimate of drug-likeness (QED) is 0.491. The van der Waals surface area contributed by atoms with E-state index in [-0.39, 0.29) is 12.2 Å². The number of esters is 1. The Morgan fingerprint density at radius 3 is 2.54 bits per heavy atom. The molecule has 3 aromatic rings. The van der Waals surface area contributed by atoms with Gasteiger partial charge in [-0.15, -0.1) is 0 Å². The van der Waals surface area contributed by atoms with Crippen molar-refractivity contribution in [2.24, 2.45) is 12.0 Å². The lowest BCUT2D eigenvalue weighted by Crippen LogP contribution is -2.40. The van der Waals surface area contributed by atoms with E-state index in [0.717, 1.165) is 17.0 Å². The molecule has 3 heterocycles. The predicted octanol–water partition coefficient (Wildman–Crippen LogP) is 2.77. The van der Waals surface area contributed by atoms with E-state index >= 15 is 0 Å². The molecule has 0 N–H and O–H groups in total. The minimum atomic E-state index is -0.781. The van der Waals surface area contributed by atoms with Crippen molar-refractivity contribution in [3.05, 3.63) is 77.7 Å². The molecule has 1 aliphatic rings. The summed E-state index contributed by atoms with van der Waals surface area (Å²) in [5.41, 5.74) is 4.29. The lowest BCUT2D eigenvalue weighted by molar-refractivity contribution is -0.139. The van der Waals surface area contributed by atoms with Crippen LogP contribution in [0.5, 0.6) is 11.5 Å². The van der Waals surface area contributed by atoms with Crippen molar-refractivity contribution in [2.45, 2.75) is 33.7 Å². The van der Waals surface area contributed by atoms with Gasteiger partial charge in [-0.1, -0.05) is 23.5 Å². The smallest absolute Gasteiger partial charge is 0.338 e. The molecule has 0 radical (unpaired) electrons. The van der Waals surface area contributed by atoms with Gasteiger partial charge in [0.05, 0.1) is 36.6 Å². The third-order valence-corrected chi connectivity index (χ3v) is 7.33. The number of allylic oxidation sites excluding steroid dienone is 1. The highest BCUT2D eigenvalue weighted by atomic mass is 32.1. The number of aryl methyl sites for hydroxylation is 1. The molecule has 1 atom stereocenters. The van der Waals surface area contributed by atoms with Crippen LogP contribution >= 0.6 is 11.3 Å². The van der Waals surface area contributed by atoms with Gasteiger partial charge >= 0.3 is 5.97 Å². The summed E-state index contributed by atoms with van der Waals surface area (Å²) >= 11 is 1.29. The number of hydrogen-bond acceptors (Lipinski definition) is 7. The molecule has 0 aliphatic carbocycles. The van der Waals surface area contributed by atoms with Crippen molar-refractivity contribution in [3.63, 3.8) is 0 Å². The third kappa shape index (κ3) is 4.10. The summed E-state index contributed by atoms with van der Waals surface area (Å²) in [6, 6.07) is 6.67. The second-order valence-corrected chi connectivity index (χ2v) is 9.28. The highest BCUT2D eigenvalue weighted by Crippen LogP contribution is 2.40. The SMILES string of the molecule is CCOC(=O)C1=C(C)N=c2s/c(=C\c3cc(C)n(C)c3C)c(=O)n2[C@@H]1c1cccc(OC)c1OC. The molecule has 1 aliphatic heterocycles. The van der Waals surface area contributed by atoms with Crippen molar-refractivity contribution in [3.8, 4) is 11.5 Å². The number of carbonyl (C=O) groups is 1. The molecule has 184 valence electrons. The molecule has 4 rings (SSSR count). The highest BCUT2D eigenvalue weighted by Gasteiger charge is 2.35. The lowest BCUT2D eigenvalue weighted by Gasteiger charge is -2.26. The highest BCUT2D eigenvalue weighted by molar-refractivity contribution is 7.07. The van der Waals surface area contributed by atoms with Gasteiger partial charge in [0.1, 0.15) is 6.04 Å². The fraction of sp³-hybridized carbons (Fsp3) is 0.346. The first-order chi connectivity index (χ1) is 16.7. The van der Waals surface area contributed by atoms with E-state index in [2.05, 4.69) is 9.56 Å². The molecule has 0 saturated heterocycles. The van der Waals surface area contributed by atoms with Crippen LogP contribution < -0.4 is 24.4 Å². The number of fused-ring (bicyclic) bond motifs is 1. The van der Waals surface area contributed by atoms with Gasteiger partial charge in [0.2, 0.25) is 0 Å². The number of carbonyl (C=O) groups excluding carboxylic acids is 1. The summed E-state index contributed by atoms with van der Waals surface area (Å²) in [6.07, 6.45) is 1.88. The van der Waals surface area contributed by atoms with Gasteiger partial charge in [-0.3, -0.25) is 9.36 Å². The van der Waals surface area contributed by atoms with Crippen molar-refractivity contribution in [2.75, 3.05) is 20.8 Å². The van der Waals surface area contributed by atoms with Crippen LogP contribution in [0.4, 0.5) is 0 Å². The molecule has 0 saturated carbocycles. The first-order valence-electron chi connectivity index (χ1n) is 11.3. The lowest BCUT2D eigenvalue weighted by atomic mass is 9.94. The van der Waals surface area contributed by atoms with Crippen LogP contribution in [0, 0.1) is 13.8 Å². The summed E-state index contributed by atoms with van der Waals surface area (Å²) in [5.74, 6) is 0.424. The van der Waals surface area contributed by atoms with Crippen LogP contribution in [0.15, 0.2) is 45.3 Å². The largest absolute Gasteiger partial charge is 0.493 e. The molecule has 0 spiro atoms. The van der Waals surface area contributed by atoms with E-state index in [0.29, 0.717) is 37.7 Å². The number of rotatable bonds is 6. The number of para-hydroxylation sites is 1. The maximum Gasteiger partial charge on any atom is 0.338 e. The molecule has 0 amide bonds. The first-order valence-corrected chi connectivity index (χ1v) is 12.1. The topological polar surface area (TPSA) is 84.1 Å². The zero-order valence-electron chi connectivity index (χ0n) is 21.0. The van der Waals surface area contributed by atoms with Gasteiger partial charge in [0, 0.05) is 24.0 Å². The van der Waals surface area contributed by atoms with Gasteiger partial charge in [-0.25, -0.2) is 9.79 Å². The van der Waals surface area contributed by atoms with Crippen LogP contribution in [0.3, 0.4) is 0 Å². The minimum Gasteiger partial charge on any atom is -0.493 e. The standard InChI is InChI=1S/C26H29N3O5S/c1-8-34-25(31)21-15(3)27-26-29(22(21)18-10-9-11-19(32-6)23(18)33-7)24(30)20(35-26)13-17-12-14(2)28(5)16(17)4/h9-13,22H,8H2,1-7H3/b20-13-/t22-/m1/s1. The van der Waals surface area contributed by atoms with Crippen molar-refractivity contribution >= 4 is 23.4 Å². The molecule has 1 aromatic carbocycles. The summed E-state index contributed by atoms with van der Waals surface area (Å²) in [6.45, 7) is 7.75. The van der Waals surface area contributed by atoms with Crippen LogP contribution in [-0.4, -0.2) is 35.9 Å². The van der Waals surface area contributed by atoms with Crippen LogP contribution in [0.25, 0.3) is 6.08 Å². The molecule has 35 heavy (non-hydrogen) atoms. The van der Waals surface area contributed by atoms with Gasteiger partial charge < -0.3 is 18.8 Å². The Hall–Kier alpha value is -3.59. The predicted molar refractivity (Wildman–Crippen MR) is 135 cm³/mol. The Labute approximate surface area is 207 Å². The average molecular weight is 496 g/mol. The van der Waals surface area contributed by atoms with Gasteiger partial charge in [-0.05, 0) is 51.5 Å². The molecule has 0 unspecified atom stereocenters. The molecular weight excluding hydrogens is 466 g/mol. The molecule has 2 aromatic heterocycles. The van der Waals surface area contributed by atoms with Crippen LogP contribution in [0.2, 0.25) is 0 Å². The first kappa shape index (κ1) is 24.5. The number of methoxy groups -OCH3 is 2. The van der Waals surface area contributed by atoms with E-state index < -0.39 is 12.0 Å². The fourth-order valence-corrected chi connectivity index (χ4v) is 5.42. The monoisotopic (exact) mass is 495 g/mol. The van der Waals surface area contributed by atoms with Crippen molar-refractivity contribution < 1.29 is 19.0 Å². The normalized spacial score (nSPS) is 15.6. The second kappa shape index (κ2) is 9.58. The maximum absolute atomic E-state index is 13.8. The number of thiazole rings is 1. The Morgan fingerprint density at radius 1 is 1.20 bits per heavy atom. The third-order valence-electron chi connectivity index (χ3n) is 6.35. The molecule has 0 fully saturated rings. The number of ether oxygens (including phenoxy) is 3. The van der Waals surface area contributed by atoms with Crippen molar-refractivity contribution in [1.29, 1.82) is 0 Å². The molecule has 0 bridgehead atoms. The summed E-state index contributed by atoms with van der Waals surface area (Å²) in [5, 5.41) is 0. The van der Waals surface area contributed by atoms with E-state index in [4.69, 9.17) is 14.2 Å². The zero-order valence-corrected chi connectivity index (χ0v) is 21.8. The molecule has 9 heteroatoms. The van der Waals surface area contributed by atoms with E-state index in [1.165, 1.54) is 18.4 Å². The fourth-order valence-electron chi connectivity index (χ4n) is 4.38. The van der Waals surface area contributed by atoms with Gasteiger partial charge in [-0.2, -0.15) is 0 Å². The van der Waals surface area contributed by atoms with E-state index in [9.17, 15) is 9.59 Å². The zero-order chi connectivity index (χ0) is 25.4. The maximum atomic E-state index is 13.8. The van der Waals surface area contributed by atoms with Crippen LogP contribution in [0.1, 0.15) is 42.4 Å². The van der Waals surface area contributed by atoms with Gasteiger partial charge in [0.15, 0.2) is 16.3 Å². The minimum absolute atomic E-state index is 0.203. The summed E-state index contributed by atoms with van der Waals surface area (Å²) in [7, 11) is 5.07. The Kier molecular flexibility index (Phi) is 6.71. The summed E-state index contributed by atoms with van der Waals surface area (Å²) < 4.78 is 20.7. The Balaban J connectivity index is 2.04. The number of hydrogen-bond donors (Lipinski definition) is 0. The van der Waals surface area contributed by atoms with E-state index in [1.807, 2.05) is 39.1 Å². The molecular formula is C26H29N3O5S. The number of aromatic nitrogens is 2. The Morgan fingerprint density at radius 2 is 1.94 bits per heavy atom. The van der Waals surface area contributed by atoms with Crippen LogP contribution in [-0.2, 0) is 16.6 Å². The van der Waals surface area contributed by atoms with E-state index in [1.54, 1.807) is 37.7 Å². The second-order valence-electron chi connectivity index (χ2n) is 8.27. The number of nitrogens with zero attached hydrogens (tertiary/aromatic N) is 3. The van der Waals surface area contributed by atoms with Crippen molar-refractivity contribution in [1.82, 2.24) is 9.13 Å². The average Bonchev–Trinajstić information content (AvgIpc) is 3.27. The summed E-state index contributed by atoms with van der Waals surface area (Å²) in [4.78, 5) is 32.1.